The number of aryl methyl sites for hydroxylation is 3. The first-order chi connectivity index (χ1) is 15.4. The van der Waals surface area contributed by atoms with Crippen molar-refractivity contribution in [2.75, 3.05) is 6.66 Å². The number of carboxylic acid groups (broad SMARTS) is 1. The van der Waals surface area contributed by atoms with E-state index in [1.807, 2.05) is 0 Å². The highest BCUT2D eigenvalue weighted by atomic mass is 31.2. The maximum atomic E-state index is 10.1. The molecule has 4 aromatic rings. The zero-order valence-electron chi connectivity index (χ0n) is 19.1. The van der Waals surface area contributed by atoms with Gasteiger partial charge in [-0.25, -0.2) is 0 Å². The summed E-state index contributed by atoms with van der Waals surface area (Å²) in [5, 5.41) is 14.6. The molecule has 0 saturated carbocycles. The van der Waals surface area contributed by atoms with E-state index in [2.05, 4.69) is 100 Å². The molecule has 4 rings (SSSR count). The van der Waals surface area contributed by atoms with Crippen molar-refractivity contribution in [3.63, 3.8) is 0 Å². The van der Waals surface area contributed by atoms with Gasteiger partial charge < -0.3 is 9.90 Å². The van der Waals surface area contributed by atoms with Gasteiger partial charge >= 0.3 is 0 Å². The van der Waals surface area contributed by atoms with E-state index in [0.29, 0.717) is 0 Å². The highest BCUT2D eigenvalue weighted by Crippen LogP contribution is 2.53. The lowest BCUT2D eigenvalue weighted by atomic mass is 10.2. The highest BCUT2D eigenvalue weighted by Gasteiger charge is 2.43. The van der Waals surface area contributed by atoms with Crippen molar-refractivity contribution in [3.05, 3.63) is 125 Å². The second-order valence-electron chi connectivity index (χ2n) is 8.02. The number of aromatic carboxylic acids is 1. The third kappa shape index (κ3) is 4.98. The number of hydrogen-bond acceptors (Lipinski definition) is 2. The van der Waals surface area contributed by atoms with Crippen molar-refractivity contribution in [1.82, 2.24) is 0 Å². The van der Waals surface area contributed by atoms with E-state index < -0.39 is 13.2 Å². The summed E-state index contributed by atoms with van der Waals surface area (Å²) in [6.07, 6.45) is 0. The number of benzene rings is 4. The molecule has 0 radical (unpaired) electrons. The minimum Gasteiger partial charge on any atom is -0.545 e. The SMILES string of the molecule is Cc1ccccc1[P+](C)(c1ccccc1C)c1ccccc1C.O=C([O-])c1ccccc1. The summed E-state index contributed by atoms with van der Waals surface area (Å²) in [7, 11) is -1.64. The number of carbonyl (C=O) groups is 1. The topological polar surface area (TPSA) is 40.1 Å². The average Bonchev–Trinajstić information content (AvgIpc) is 2.80. The molecule has 0 saturated heterocycles. The fourth-order valence-electron chi connectivity index (χ4n) is 4.16. The highest BCUT2D eigenvalue weighted by molar-refractivity contribution is 7.95. The van der Waals surface area contributed by atoms with Gasteiger partial charge in [-0.05, 0) is 61.2 Å². The molecule has 0 atom stereocenters. The van der Waals surface area contributed by atoms with Crippen molar-refractivity contribution in [1.29, 1.82) is 0 Å². The number of hydrogen-bond donors (Lipinski definition) is 0. The molecular formula is C29H29O2P. The van der Waals surface area contributed by atoms with Gasteiger partial charge in [0.25, 0.3) is 0 Å². The maximum absolute atomic E-state index is 10.1. The minimum atomic E-state index is -1.64. The van der Waals surface area contributed by atoms with Crippen molar-refractivity contribution < 1.29 is 9.90 Å². The molecular weight excluding hydrogens is 411 g/mol. The molecule has 32 heavy (non-hydrogen) atoms. The van der Waals surface area contributed by atoms with Crippen LogP contribution in [0.15, 0.2) is 103 Å². The molecule has 0 unspecified atom stereocenters. The summed E-state index contributed by atoms with van der Waals surface area (Å²) < 4.78 is 0. The van der Waals surface area contributed by atoms with Gasteiger partial charge in [-0.2, -0.15) is 0 Å². The van der Waals surface area contributed by atoms with Gasteiger partial charge in [-0.1, -0.05) is 84.9 Å². The van der Waals surface area contributed by atoms with E-state index in [1.54, 1.807) is 18.2 Å². The third-order valence-electron chi connectivity index (χ3n) is 5.80. The number of carboxylic acids is 1. The number of rotatable bonds is 4. The molecule has 3 heteroatoms. The Balaban J connectivity index is 0.000000269. The predicted octanol–water partition coefficient (Wildman–Crippen LogP) is 4.59. The molecule has 0 N–H and O–H groups in total. The summed E-state index contributed by atoms with van der Waals surface area (Å²) in [4.78, 5) is 10.1. The third-order valence-corrected chi connectivity index (χ3v) is 10.2. The molecule has 4 aromatic carbocycles. The van der Waals surface area contributed by atoms with Crippen LogP contribution in [0.2, 0.25) is 0 Å². The Morgan fingerprint density at radius 3 is 1.16 bits per heavy atom. The second kappa shape index (κ2) is 10.4. The van der Waals surface area contributed by atoms with Crippen LogP contribution in [0.4, 0.5) is 0 Å². The van der Waals surface area contributed by atoms with E-state index in [4.69, 9.17) is 0 Å². The zero-order valence-corrected chi connectivity index (χ0v) is 20.0. The Morgan fingerprint density at radius 1 is 0.562 bits per heavy atom. The molecule has 162 valence electrons. The van der Waals surface area contributed by atoms with Gasteiger partial charge in [0.05, 0.1) is 12.6 Å². The first-order valence-electron chi connectivity index (χ1n) is 10.7. The molecule has 0 aliphatic rings. The quantitative estimate of drug-likeness (QED) is 0.436. The summed E-state index contributed by atoms with van der Waals surface area (Å²) in [5.41, 5.74) is 4.37. The van der Waals surface area contributed by atoms with E-state index >= 15 is 0 Å². The van der Waals surface area contributed by atoms with Gasteiger partial charge in [-0.15, -0.1) is 0 Å². The predicted molar refractivity (Wildman–Crippen MR) is 136 cm³/mol. The lowest BCUT2D eigenvalue weighted by molar-refractivity contribution is -0.255. The molecule has 2 nitrogen and oxygen atoms in total. The van der Waals surface area contributed by atoms with Crippen molar-refractivity contribution in [2.45, 2.75) is 20.8 Å². The summed E-state index contributed by atoms with van der Waals surface area (Å²) in [5.74, 6) is -1.13. The largest absolute Gasteiger partial charge is 0.545 e. The van der Waals surface area contributed by atoms with Crippen LogP contribution in [-0.4, -0.2) is 12.6 Å². The molecule has 0 amide bonds. The lowest BCUT2D eigenvalue weighted by Crippen LogP contribution is -2.34. The average molecular weight is 441 g/mol. The first-order valence-corrected chi connectivity index (χ1v) is 12.9. The van der Waals surface area contributed by atoms with E-state index in [-0.39, 0.29) is 5.56 Å². The maximum Gasteiger partial charge on any atom is 0.110 e. The normalized spacial score (nSPS) is 10.8. The van der Waals surface area contributed by atoms with Crippen LogP contribution in [0.25, 0.3) is 0 Å². The van der Waals surface area contributed by atoms with E-state index in [9.17, 15) is 9.90 Å². The van der Waals surface area contributed by atoms with E-state index in [0.717, 1.165) is 0 Å². The summed E-state index contributed by atoms with van der Waals surface area (Å²) in [6.45, 7) is 9.19. The van der Waals surface area contributed by atoms with Gasteiger partial charge in [0.1, 0.15) is 23.2 Å². The minimum absolute atomic E-state index is 0.220. The summed E-state index contributed by atoms with van der Waals surface area (Å²) >= 11 is 0. The second-order valence-corrected chi connectivity index (χ2v) is 11.5. The Labute approximate surface area is 191 Å². The number of carbonyl (C=O) groups excluding carboxylic acids is 1. The molecule has 0 heterocycles. The van der Waals surface area contributed by atoms with Crippen LogP contribution in [0.1, 0.15) is 27.0 Å². The van der Waals surface area contributed by atoms with Crippen LogP contribution >= 0.6 is 7.26 Å². The fourth-order valence-corrected chi connectivity index (χ4v) is 8.43. The van der Waals surface area contributed by atoms with Crippen molar-refractivity contribution >= 4 is 29.1 Å². The molecule has 0 aliphatic carbocycles. The van der Waals surface area contributed by atoms with E-state index in [1.165, 1.54) is 44.7 Å². The standard InChI is InChI=1S/C22H24P.C7H6O2/c1-17-11-5-8-14-20(17)23(4,21-15-9-6-12-18(21)2)22-16-10-7-13-19(22)3;8-7(9)6-4-2-1-3-5-6/h5-16H,1-4H3;1-5H,(H,8,9)/q+1;/p-1. The first kappa shape index (κ1) is 23.4. The van der Waals surface area contributed by atoms with Gasteiger partial charge in [0.15, 0.2) is 0 Å². The Hall–Kier alpha value is -3.22. The van der Waals surface area contributed by atoms with Crippen LogP contribution in [0, 0.1) is 20.8 Å². The van der Waals surface area contributed by atoms with Gasteiger partial charge in [-0.3, -0.25) is 0 Å². The Morgan fingerprint density at radius 2 is 0.875 bits per heavy atom. The van der Waals surface area contributed by atoms with Crippen LogP contribution in [0.5, 0.6) is 0 Å². The molecule has 0 bridgehead atoms. The van der Waals surface area contributed by atoms with Gasteiger partial charge in [0.2, 0.25) is 0 Å². The van der Waals surface area contributed by atoms with Crippen LogP contribution < -0.4 is 21.0 Å². The zero-order chi connectivity index (χ0) is 23.1. The van der Waals surface area contributed by atoms with Crippen molar-refractivity contribution in [3.8, 4) is 0 Å². The van der Waals surface area contributed by atoms with Gasteiger partial charge in [0, 0.05) is 0 Å². The van der Waals surface area contributed by atoms with Crippen LogP contribution in [0.3, 0.4) is 0 Å². The lowest BCUT2D eigenvalue weighted by Gasteiger charge is -2.27. The van der Waals surface area contributed by atoms with Crippen LogP contribution in [-0.2, 0) is 0 Å². The molecule has 0 fully saturated rings. The molecule has 0 aliphatic heterocycles. The summed E-state index contributed by atoms with van der Waals surface area (Å²) in [6, 6.07) is 34.7. The molecule has 0 aromatic heterocycles. The smallest absolute Gasteiger partial charge is 0.110 e. The fraction of sp³-hybridized carbons (Fsp3) is 0.138. The monoisotopic (exact) mass is 440 g/mol. The Kier molecular flexibility index (Phi) is 7.62. The Bertz CT molecular complexity index is 1090. The van der Waals surface area contributed by atoms with Crippen molar-refractivity contribution in [2.24, 2.45) is 0 Å². The molecule has 0 spiro atoms.